The maximum absolute atomic E-state index is 10.3. The summed E-state index contributed by atoms with van der Waals surface area (Å²) >= 11 is 0. The Balaban J connectivity index is 1.29. The van der Waals surface area contributed by atoms with Gasteiger partial charge >= 0.3 is 0 Å². The lowest BCUT2D eigenvalue weighted by molar-refractivity contribution is 0.0459. The summed E-state index contributed by atoms with van der Waals surface area (Å²) < 4.78 is 7.32. The van der Waals surface area contributed by atoms with Crippen LogP contribution >= 0.6 is 0 Å². The molecule has 8 heteroatoms. The molecule has 0 saturated carbocycles. The third-order valence-electron chi connectivity index (χ3n) is 5.49. The van der Waals surface area contributed by atoms with E-state index in [9.17, 15) is 5.11 Å². The molecule has 1 N–H and O–H groups in total. The van der Waals surface area contributed by atoms with Gasteiger partial charge in [0.25, 0.3) is 0 Å². The summed E-state index contributed by atoms with van der Waals surface area (Å²) in [7, 11) is 0. The molecule has 1 aromatic carbocycles. The summed E-state index contributed by atoms with van der Waals surface area (Å²) in [5.41, 5.74) is 2.17. The molecule has 0 unspecified atom stereocenters. The Hall–Kier alpha value is -2.55. The quantitative estimate of drug-likeness (QED) is 0.654. The van der Waals surface area contributed by atoms with Gasteiger partial charge < -0.3 is 9.63 Å². The van der Waals surface area contributed by atoms with Crippen molar-refractivity contribution in [3.05, 3.63) is 54.2 Å². The van der Waals surface area contributed by atoms with Gasteiger partial charge in [-0.3, -0.25) is 14.5 Å². The van der Waals surface area contributed by atoms with E-state index in [1.165, 1.54) is 5.56 Å². The highest BCUT2D eigenvalue weighted by atomic mass is 16.5. The van der Waals surface area contributed by atoms with Gasteiger partial charge in [-0.05, 0) is 19.9 Å². The highest BCUT2D eigenvalue weighted by Gasteiger charge is 2.26. The second-order valence-corrected chi connectivity index (χ2v) is 7.72. The van der Waals surface area contributed by atoms with E-state index in [-0.39, 0.29) is 6.04 Å². The van der Waals surface area contributed by atoms with Gasteiger partial charge in [-0.2, -0.15) is 10.1 Å². The summed E-state index contributed by atoms with van der Waals surface area (Å²) in [5, 5.41) is 18.6. The fourth-order valence-corrected chi connectivity index (χ4v) is 3.69. The average molecular weight is 396 g/mol. The van der Waals surface area contributed by atoms with Crippen molar-refractivity contribution >= 4 is 0 Å². The van der Waals surface area contributed by atoms with Crippen LogP contribution in [0.4, 0.5) is 0 Å². The molecule has 0 aliphatic carbocycles. The van der Waals surface area contributed by atoms with Crippen LogP contribution in [-0.4, -0.2) is 73.7 Å². The maximum Gasteiger partial charge on any atom is 0.244 e. The number of hydrogen-bond donors (Lipinski definition) is 1. The molecule has 1 fully saturated rings. The minimum atomic E-state index is -0.424. The highest BCUT2D eigenvalue weighted by molar-refractivity contribution is 5.54. The molecule has 154 valence electrons. The zero-order valence-electron chi connectivity index (χ0n) is 17.0. The van der Waals surface area contributed by atoms with Crippen LogP contribution in [0.3, 0.4) is 0 Å². The second-order valence-electron chi connectivity index (χ2n) is 7.72. The number of benzene rings is 1. The predicted molar refractivity (Wildman–Crippen MR) is 109 cm³/mol. The standard InChI is InChI=1S/C21H28N6O2/c1-16-4-6-18(7-5-16)20-23-21(29-24-20)17(2)26-12-10-25(11-13-26)14-19(28)15-27-9-3-8-22-27/h3-9,17,19,28H,10-15H2,1-2H3/t17-,19-/m0/s1. The zero-order chi connectivity index (χ0) is 20.2. The van der Waals surface area contributed by atoms with Crippen LogP contribution in [0.25, 0.3) is 11.4 Å². The summed E-state index contributed by atoms with van der Waals surface area (Å²) in [6, 6.07) is 10.1. The smallest absolute Gasteiger partial charge is 0.244 e. The molecule has 3 aromatic rings. The number of aliphatic hydroxyl groups excluding tert-OH is 1. The topological polar surface area (TPSA) is 83.5 Å². The normalized spacial score (nSPS) is 18.0. The van der Waals surface area contributed by atoms with E-state index < -0.39 is 6.10 Å². The number of piperazine rings is 1. The SMILES string of the molecule is Cc1ccc(-c2noc([C@H](C)N3CCN(C[C@H](O)Cn4cccn4)CC3)n2)cc1. The molecular formula is C21H28N6O2. The molecule has 1 aliphatic heterocycles. The van der Waals surface area contributed by atoms with Crippen LogP contribution in [0.2, 0.25) is 0 Å². The monoisotopic (exact) mass is 396 g/mol. The molecule has 0 spiro atoms. The second kappa shape index (κ2) is 8.86. The number of aliphatic hydroxyl groups is 1. The van der Waals surface area contributed by atoms with Crippen LogP contribution < -0.4 is 0 Å². The lowest BCUT2D eigenvalue weighted by atomic mass is 10.1. The van der Waals surface area contributed by atoms with Gasteiger partial charge in [-0.1, -0.05) is 35.0 Å². The largest absolute Gasteiger partial charge is 0.390 e. The summed E-state index contributed by atoms with van der Waals surface area (Å²) in [5.74, 6) is 1.28. The van der Waals surface area contributed by atoms with Crippen molar-refractivity contribution in [3.8, 4) is 11.4 Å². The molecule has 4 rings (SSSR count). The fraction of sp³-hybridized carbons (Fsp3) is 0.476. The molecule has 29 heavy (non-hydrogen) atoms. The van der Waals surface area contributed by atoms with Crippen molar-refractivity contribution in [2.24, 2.45) is 0 Å². The third kappa shape index (κ3) is 4.90. The van der Waals surface area contributed by atoms with E-state index >= 15 is 0 Å². The first-order chi connectivity index (χ1) is 14.1. The maximum atomic E-state index is 10.3. The van der Waals surface area contributed by atoms with Crippen LogP contribution in [0.15, 0.2) is 47.2 Å². The van der Waals surface area contributed by atoms with Crippen LogP contribution in [-0.2, 0) is 6.54 Å². The molecule has 0 bridgehead atoms. The third-order valence-corrected chi connectivity index (χ3v) is 5.49. The van der Waals surface area contributed by atoms with Gasteiger partial charge in [0.1, 0.15) is 0 Å². The van der Waals surface area contributed by atoms with Crippen molar-refractivity contribution in [2.75, 3.05) is 32.7 Å². The van der Waals surface area contributed by atoms with Gasteiger partial charge in [-0.25, -0.2) is 0 Å². The van der Waals surface area contributed by atoms with Crippen LogP contribution in [0.5, 0.6) is 0 Å². The van der Waals surface area contributed by atoms with Crippen molar-refractivity contribution < 1.29 is 9.63 Å². The number of hydrogen-bond acceptors (Lipinski definition) is 7. The molecule has 1 saturated heterocycles. The Labute approximate surface area is 170 Å². The molecule has 3 heterocycles. The average Bonchev–Trinajstić information content (AvgIpc) is 3.41. The molecule has 2 aromatic heterocycles. The first-order valence-electron chi connectivity index (χ1n) is 10.1. The number of aromatic nitrogens is 4. The summed E-state index contributed by atoms with van der Waals surface area (Å²) in [4.78, 5) is 9.26. The van der Waals surface area contributed by atoms with Crippen molar-refractivity contribution in [1.29, 1.82) is 0 Å². The van der Waals surface area contributed by atoms with Gasteiger partial charge in [-0.15, -0.1) is 0 Å². The summed E-state index contributed by atoms with van der Waals surface area (Å²) in [6.45, 7) is 8.94. The van der Waals surface area contributed by atoms with E-state index in [4.69, 9.17) is 4.52 Å². The first-order valence-corrected chi connectivity index (χ1v) is 10.1. The van der Waals surface area contributed by atoms with E-state index in [0.717, 1.165) is 31.7 Å². The van der Waals surface area contributed by atoms with E-state index in [1.807, 2.05) is 24.4 Å². The molecule has 0 radical (unpaired) electrons. The number of nitrogens with zero attached hydrogens (tertiary/aromatic N) is 6. The lowest BCUT2D eigenvalue weighted by Crippen LogP contribution is -2.49. The Kier molecular flexibility index (Phi) is 6.03. The van der Waals surface area contributed by atoms with Crippen LogP contribution in [0.1, 0.15) is 24.4 Å². The predicted octanol–water partition coefficient (Wildman–Crippen LogP) is 1.98. The molecule has 0 amide bonds. The van der Waals surface area contributed by atoms with Gasteiger partial charge in [0.15, 0.2) is 0 Å². The lowest BCUT2D eigenvalue weighted by Gasteiger charge is -2.37. The van der Waals surface area contributed by atoms with Gasteiger partial charge in [0.05, 0.1) is 18.7 Å². The first kappa shape index (κ1) is 19.8. The van der Waals surface area contributed by atoms with E-state index in [1.54, 1.807) is 10.9 Å². The Morgan fingerprint density at radius 1 is 1.10 bits per heavy atom. The molecule has 2 atom stereocenters. The number of aryl methyl sites for hydroxylation is 1. The van der Waals surface area contributed by atoms with Crippen LogP contribution in [0, 0.1) is 6.92 Å². The van der Waals surface area contributed by atoms with Crippen molar-refractivity contribution in [3.63, 3.8) is 0 Å². The molecular weight excluding hydrogens is 368 g/mol. The Morgan fingerprint density at radius 3 is 2.55 bits per heavy atom. The summed E-state index contributed by atoms with van der Waals surface area (Å²) in [6.07, 6.45) is 3.18. The van der Waals surface area contributed by atoms with Gasteiger partial charge in [0.2, 0.25) is 11.7 Å². The number of β-amino-alcohol motifs (C(OH)–C–C–N with tert-alkyl or cyclic N) is 1. The fourth-order valence-electron chi connectivity index (χ4n) is 3.69. The Bertz CT molecular complexity index is 884. The minimum Gasteiger partial charge on any atom is -0.390 e. The minimum absolute atomic E-state index is 0.0675. The zero-order valence-corrected chi connectivity index (χ0v) is 17.0. The molecule has 8 nitrogen and oxygen atoms in total. The van der Waals surface area contributed by atoms with Crippen molar-refractivity contribution in [2.45, 2.75) is 32.5 Å². The van der Waals surface area contributed by atoms with E-state index in [2.05, 4.69) is 51.0 Å². The van der Waals surface area contributed by atoms with Gasteiger partial charge in [0, 0.05) is 50.7 Å². The Morgan fingerprint density at radius 2 is 1.86 bits per heavy atom. The van der Waals surface area contributed by atoms with Crippen molar-refractivity contribution in [1.82, 2.24) is 29.7 Å². The van der Waals surface area contributed by atoms with E-state index in [0.29, 0.717) is 24.8 Å². The molecule has 1 aliphatic rings. The highest BCUT2D eigenvalue weighted by Crippen LogP contribution is 2.23. The number of rotatable bonds is 7.